The Morgan fingerprint density at radius 1 is 1.22 bits per heavy atom. The van der Waals surface area contributed by atoms with Crippen molar-refractivity contribution >= 4 is 17.8 Å². The zero-order valence-electron chi connectivity index (χ0n) is 10.2. The number of hydrogen-bond donors (Lipinski definition) is 1. The second-order valence-corrected chi connectivity index (χ2v) is 6.67. The normalized spacial score (nSPS) is 25.7. The van der Waals surface area contributed by atoms with E-state index in [-0.39, 0.29) is 0 Å². The van der Waals surface area contributed by atoms with E-state index in [9.17, 15) is 5.11 Å². The number of rotatable bonds is 1. The van der Waals surface area contributed by atoms with Crippen LogP contribution in [0.4, 0.5) is 0 Å². The molecule has 0 amide bonds. The van der Waals surface area contributed by atoms with E-state index in [1.165, 1.54) is 24.8 Å². The van der Waals surface area contributed by atoms with Gasteiger partial charge in [-0.2, -0.15) is 0 Å². The molecule has 3 aliphatic rings. The molecule has 2 nitrogen and oxygen atoms in total. The van der Waals surface area contributed by atoms with Gasteiger partial charge in [-0.05, 0) is 59.9 Å². The highest BCUT2D eigenvalue weighted by Gasteiger charge is 2.57. The van der Waals surface area contributed by atoms with E-state index in [1.807, 2.05) is 18.3 Å². The predicted octanol–water partition coefficient (Wildman–Crippen LogP) is 3.42. The number of fused-ring (bicyclic) bond motifs is 1. The molecule has 4 rings (SSSR count). The first-order valence-electron chi connectivity index (χ1n) is 6.66. The zero-order valence-corrected chi connectivity index (χ0v) is 11.0. The number of aliphatic imine (C=N–C) groups is 1. The molecule has 1 spiro atoms. The van der Waals surface area contributed by atoms with Crippen LogP contribution in [-0.4, -0.2) is 11.3 Å². The third-order valence-corrected chi connectivity index (χ3v) is 5.20. The molecule has 1 aromatic carbocycles. The average molecular weight is 262 g/mol. The van der Waals surface area contributed by atoms with Crippen molar-refractivity contribution < 1.29 is 5.11 Å². The SMILES string of the molecule is OC1(c2cc(Cl)cc3c2CN=C3)CC2(CCC2)C1. The van der Waals surface area contributed by atoms with Gasteiger partial charge in [0.25, 0.3) is 0 Å². The maximum Gasteiger partial charge on any atom is 0.0911 e. The summed E-state index contributed by atoms with van der Waals surface area (Å²) in [7, 11) is 0. The first kappa shape index (κ1) is 11.0. The Bertz CT molecular complexity index is 552. The summed E-state index contributed by atoms with van der Waals surface area (Å²) in [6, 6.07) is 3.89. The van der Waals surface area contributed by atoms with E-state index in [1.54, 1.807) is 0 Å². The van der Waals surface area contributed by atoms with E-state index in [4.69, 9.17) is 11.6 Å². The Morgan fingerprint density at radius 2 is 2.00 bits per heavy atom. The fraction of sp³-hybridized carbons (Fsp3) is 0.533. The number of aliphatic hydroxyl groups is 1. The van der Waals surface area contributed by atoms with Gasteiger partial charge in [-0.15, -0.1) is 0 Å². The van der Waals surface area contributed by atoms with Gasteiger partial charge in [0.1, 0.15) is 0 Å². The molecule has 0 atom stereocenters. The Morgan fingerprint density at radius 3 is 2.67 bits per heavy atom. The molecule has 1 aromatic rings. The van der Waals surface area contributed by atoms with Crippen molar-refractivity contribution in [1.29, 1.82) is 0 Å². The van der Waals surface area contributed by atoms with Gasteiger partial charge >= 0.3 is 0 Å². The number of benzene rings is 1. The smallest absolute Gasteiger partial charge is 0.0911 e. The minimum Gasteiger partial charge on any atom is -0.385 e. The molecular weight excluding hydrogens is 246 g/mol. The highest BCUT2D eigenvalue weighted by molar-refractivity contribution is 6.31. The molecule has 0 unspecified atom stereocenters. The summed E-state index contributed by atoms with van der Waals surface area (Å²) in [6.45, 7) is 0.692. The van der Waals surface area contributed by atoms with E-state index in [0.717, 1.165) is 24.0 Å². The number of nitrogens with zero attached hydrogens (tertiary/aromatic N) is 1. The maximum atomic E-state index is 10.9. The van der Waals surface area contributed by atoms with E-state index in [2.05, 4.69) is 4.99 Å². The second-order valence-electron chi connectivity index (χ2n) is 6.23. The molecule has 1 aliphatic heterocycles. The topological polar surface area (TPSA) is 32.6 Å². The average Bonchev–Trinajstić information content (AvgIpc) is 2.68. The summed E-state index contributed by atoms with van der Waals surface area (Å²) < 4.78 is 0. The standard InChI is InChI=1S/C15H16ClNO/c16-11-4-10-6-17-7-12(10)13(5-11)15(18)8-14(9-15)2-1-3-14/h4-6,18H,1-3,7-9H2. The van der Waals surface area contributed by atoms with Crippen LogP contribution in [-0.2, 0) is 12.1 Å². The summed E-state index contributed by atoms with van der Waals surface area (Å²) in [5.74, 6) is 0. The molecular formula is C15H16ClNO. The van der Waals surface area contributed by atoms with E-state index in [0.29, 0.717) is 17.0 Å². The van der Waals surface area contributed by atoms with Gasteiger partial charge in [0.15, 0.2) is 0 Å². The molecule has 0 bridgehead atoms. The van der Waals surface area contributed by atoms with Gasteiger partial charge in [-0.25, -0.2) is 0 Å². The molecule has 1 heterocycles. The zero-order chi connectivity index (χ0) is 12.4. The van der Waals surface area contributed by atoms with E-state index >= 15 is 0 Å². The first-order chi connectivity index (χ1) is 8.60. The van der Waals surface area contributed by atoms with Crippen molar-refractivity contribution in [3.05, 3.63) is 33.8 Å². The highest BCUT2D eigenvalue weighted by atomic mass is 35.5. The molecule has 2 fully saturated rings. The van der Waals surface area contributed by atoms with Crippen molar-refractivity contribution in [3.63, 3.8) is 0 Å². The van der Waals surface area contributed by atoms with Crippen molar-refractivity contribution in [2.75, 3.05) is 0 Å². The quantitative estimate of drug-likeness (QED) is 0.825. The number of hydrogen-bond acceptors (Lipinski definition) is 2. The fourth-order valence-electron chi connectivity index (χ4n) is 4.01. The van der Waals surface area contributed by atoms with Gasteiger partial charge < -0.3 is 5.11 Å². The van der Waals surface area contributed by atoms with Crippen LogP contribution in [0.5, 0.6) is 0 Å². The number of halogens is 1. The Balaban J connectivity index is 1.74. The lowest BCUT2D eigenvalue weighted by Crippen LogP contribution is -2.53. The molecule has 94 valence electrons. The molecule has 2 aliphatic carbocycles. The van der Waals surface area contributed by atoms with Crippen molar-refractivity contribution in [1.82, 2.24) is 0 Å². The summed E-state index contributed by atoms with van der Waals surface area (Å²) in [4.78, 5) is 4.30. The maximum absolute atomic E-state index is 10.9. The van der Waals surface area contributed by atoms with Crippen LogP contribution < -0.4 is 0 Å². The van der Waals surface area contributed by atoms with Crippen molar-refractivity contribution in [2.24, 2.45) is 10.4 Å². The van der Waals surface area contributed by atoms with Crippen LogP contribution >= 0.6 is 11.6 Å². The molecule has 2 saturated carbocycles. The van der Waals surface area contributed by atoms with Gasteiger partial charge in [-0.1, -0.05) is 18.0 Å². The van der Waals surface area contributed by atoms with Crippen LogP contribution in [0.1, 0.15) is 48.8 Å². The molecule has 0 saturated heterocycles. The summed E-state index contributed by atoms with van der Waals surface area (Å²) in [5.41, 5.74) is 3.09. The monoisotopic (exact) mass is 261 g/mol. The Kier molecular flexibility index (Phi) is 2.06. The Labute approximate surface area is 112 Å². The fourth-order valence-corrected chi connectivity index (χ4v) is 4.24. The van der Waals surface area contributed by atoms with Crippen LogP contribution in [0.15, 0.2) is 17.1 Å². The minimum atomic E-state index is -0.650. The summed E-state index contributed by atoms with van der Waals surface area (Å²) >= 11 is 6.16. The largest absolute Gasteiger partial charge is 0.385 e. The molecule has 0 radical (unpaired) electrons. The van der Waals surface area contributed by atoms with Crippen molar-refractivity contribution in [3.8, 4) is 0 Å². The summed E-state index contributed by atoms with van der Waals surface area (Å²) in [5, 5.41) is 11.6. The lowest BCUT2D eigenvalue weighted by molar-refractivity contribution is -0.169. The molecule has 18 heavy (non-hydrogen) atoms. The van der Waals surface area contributed by atoms with Crippen molar-refractivity contribution in [2.45, 2.75) is 44.2 Å². The lowest BCUT2D eigenvalue weighted by Gasteiger charge is -2.59. The predicted molar refractivity (Wildman–Crippen MR) is 72.2 cm³/mol. The van der Waals surface area contributed by atoms with E-state index < -0.39 is 5.60 Å². The minimum absolute atomic E-state index is 0.448. The van der Waals surface area contributed by atoms with Crippen LogP contribution in [0.2, 0.25) is 5.02 Å². The van der Waals surface area contributed by atoms with Crippen LogP contribution in [0, 0.1) is 5.41 Å². The molecule has 0 aromatic heterocycles. The van der Waals surface area contributed by atoms with Gasteiger partial charge in [-0.3, -0.25) is 4.99 Å². The lowest BCUT2D eigenvalue weighted by atomic mass is 9.48. The summed E-state index contributed by atoms with van der Waals surface area (Å²) in [6.07, 6.45) is 7.58. The van der Waals surface area contributed by atoms with Gasteiger partial charge in [0.05, 0.1) is 12.1 Å². The second kappa shape index (κ2) is 3.37. The van der Waals surface area contributed by atoms with Gasteiger partial charge in [0, 0.05) is 11.2 Å². The highest BCUT2D eigenvalue weighted by Crippen LogP contribution is 2.64. The third-order valence-electron chi connectivity index (χ3n) is 4.98. The van der Waals surface area contributed by atoms with Crippen LogP contribution in [0.3, 0.4) is 0 Å². The first-order valence-corrected chi connectivity index (χ1v) is 7.03. The van der Waals surface area contributed by atoms with Gasteiger partial charge in [0.2, 0.25) is 0 Å². The Hall–Kier alpha value is -0.860. The third kappa shape index (κ3) is 1.36. The van der Waals surface area contributed by atoms with Crippen LogP contribution in [0.25, 0.3) is 0 Å². The molecule has 3 heteroatoms. The molecule has 1 N–H and O–H groups in total.